The van der Waals surface area contributed by atoms with Crippen LogP contribution < -0.4 is 10.6 Å². The molecule has 9 nitrogen and oxygen atoms in total. The summed E-state index contributed by atoms with van der Waals surface area (Å²) in [4.78, 5) is 59.0. The number of piperazine rings is 1. The topological polar surface area (TPSA) is 116 Å². The molecule has 0 aromatic rings. The highest BCUT2D eigenvalue weighted by atomic mass is 16.2. The molecule has 0 aliphatic carbocycles. The van der Waals surface area contributed by atoms with Gasteiger partial charge in [0, 0.05) is 0 Å². The zero-order chi connectivity index (χ0) is 14.2. The Kier molecular flexibility index (Phi) is 3.19. The Morgan fingerprint density at radius 1 is 1.32 bits per heavy atom. The van der Waals surface area contributed by atoms with Crippen LogP contribution in [0.2, 0.25) is 0 Å². The van der Waals surface area contributed by atoms with Gasteiger partial charge in [-0.05, 0) is 6.92 Å². The standard InChI is InChI=1S/C10H12N4O5/c1-5-9(18)12-6(15)3-13(5)8(17)4-14-7(16)2-11-10(14)19/h5H,2-4H2,1H3,(H,11,19)(H,12,15,18). The SMILES string of the molecule is CC1C(=O)NC(=O)CN1C(=O)CN1C(=O)CNC1=O. The van der Waals surface area contributed by atoms with Crippen LogP contribution in [0.25, 0.3) is 0 Å². The van der Waals surface area contributed by atoms with E-state index in [0.29, 0.717) is 0 Å². The number of hydrogen-bond acceptors (Lipinski definition) is 5. The molecule has 1 atom stereocenters. The van der Waals surface area contributed by atoms with Gasteiger partial charge in [-0.25, -0.2) is 4.79 Å². The number of carbonyl (C=O) groups excluding carboxylic acids is 5. The first-order chi connectivity index (χ1) is 8.90. The highest BCUT2D eigenvalue weighted by Gasteiger charge is 2.37. The van der Waals surface area contributed by atoms with Crippen LogP contribution in [0.5, 0.6) is 0 Å². The van der Waals surface area contributed by atoms with Gasteiger partial charge in [0.15, 0.2) is 0 Å². The zero-order valence-electron chi connectivity index (χ0n) is 10.1. The molecule has 2 fully saturated rings. The van der Waals surface area contributed by atoms with E-state index < -0.39 is 42.2 Å². The fraction of sp³-hybridized carbons (Fsp3) is 0.500. The molecule has 6 amide bonds. The van der Waals surface area contributed by atoms with Crippen LogP contribution in [0.3, 0.4) is 0 Å². The molecule has 0 aromatic carbocycles. The van der Waals surface area contributed by atoms with Gasteiger partial charge in [-0.2, -0.15) is 0 Å². The zero-order valence-corrected chi connectivity index (χ0v) is 10.1. The van der Waals surface area contributed by atoms with Crippen molar-refractivity contribution in [1.82, 2.24) is 20.4 Å². The lowest BCUT2D eigenvalue weighted by molar-refractivity contribution is -0.150. The quantitative estimate of drug-likeness (QED) is 0.421. The molecule has 102 valence electrons. The molecule has 9 heteroatoms. The summed E-state index contributed by atoms with van der Waals surface area (Å²) in [5.74, 6) is -2.31. The first kappa shape index (κ1) is 13.0. The van der Waals surface area contributed by atoms with Crippen molar-refractivity contribution >= 4 is 29.7 Å². The van der Waals surface area contributed by atoms with E-state index in [1.807, 2.05) is 0 Å². The van der Waals surface area contributed by atoms with Crippen molar-refractivity contribution in [3.63, 3.8) is 0 Å². The summed E-state index contributed by atoms with van der Waals surface area (Å²) in [5, 5.41) is 4.37. The maximum Gasteiger partial charge on any atom is 0.325 e. The number of amides is 6. The number of carbonyl (C=O) groups is 5. The van der Waals surface area contributed by atoms with Crippen molar-refractivity contribution in [3.8, 4) is 0 Å². The van der Waals surface area contributed by atoms with Gasteiger partial charge in [-0.3, -0.25) is 29.4 Å². The van der Waals surface area contributed by atoms with E-state index in [4.69, 9.17) is 0 Å². The molecule has 2 heterocycles. The van der Waals surface area contributed by atoms with Crippen LogP contribution in [0, 0.1) is 0 Å². The molecule has 2 saturated heterocycles. The maximum absolute atomic E-state index is 12.0. The molecule has 1 unspecified atom stereocenters. The fourth-order valence-electron chi connectivity index (χ4n) is 1.86. The summed E-state index contributed by atoms with van der Waals surface area (Å²) in [6, 6.07) is -1.47. The third-order valence-electron chi connectivity index (χ3n) is 2.97. The van der Waals surface area contributed by atoms with E-state index in [0.717, 1.165) is 9.80 Å². The molecule has 0 bridgehead atoms. The van der Waals surface area contributed by atoms with E-state index in [9.17, 15) is 24.0 Å². The fourth-order valence-corrected chi connectivity index (χ4v) is 1.86. The molecule has 0 aromatic heterocycles. The van der Waals surface area contributed by atoms with Crippen molar-refractivity contribution in [3.05, 3.63) is 0 Å². The van der Waals surface area contributed by atoms with Gasteiger partial charge < -0.3 is 10.2 Å². The number of hydrogen-bond donors (Lipinski definition) is 2. The van der Waals surface area contributed by atoms with E-state index >= 15 is 0 Å². The van der Waals surface area contributed by atoms with Gasteiger partial charge in [0.25, 0.3) is 5.91 Å². The van der Waals surface area contributed by atoms with Crippen LogP contribution in [0.15, 0.2) is 0 Å². The summed E-state index contributed by atoms with van der Waals surface area (Å²) in [5.41, 5.74) is 0. The summed E-state index contributed by atoms with van der Waals surface area (Å²) in [6.45, 7) is 0.567. The third kappa shape index (κ3) is 2.39. The molecule has 0 spiro atoms. The average Bonchev–Trinajstić information content (AvgIpc) is 2.65. The van der Waals surface area contributed by atoms with Crippen molar-refractivity contribution in [2.45, 2.75) is 13.0 Å². The predicted molar refractivity (Wildman–Crippen MR) is 59.4 cm³/mol. The summed E-state index contributed by atoms with van der Waals surface area (Å²) in [7, 11) is 0. The Morgan fingerprint density at radius 3 is 2.58 bits per heavy atom. The van der Waals surface area contributed by atoms with Gasteiger partial charge in [-0.15, -0.1) is 0 Å². The van der Waals surface area contributed by atoms with Crippen LogP contribution >= 0.6 is 0 Å². The summed E-state index contributed by atoms with van der Waals surface area (Å²) in [6.07, 6.45) is 0. The van der Waals surface area contributed by atoms with Crippen LogP contribution in [-0.2, 0) is 19.2 Å². The molecule has 2 N–H and O–H groups in total. The van der Waals surface area contributed by atoms with Gasteiger partial charge >= 0.3 is 6.03 Å². The van der Waals surface area contributed by atoms with Crippen molar-refractivity contribution in [2.24, 2.45) is 0 Å². The molecule has 0 radical (unpaired) electrons. The van der Waals surface area contributed by atoms with Crippen LogP contribution in [0.1, 0.15) is 6.92 Å². The highest BCUT2D eigenvalue weighted by Crippen LogP contribution is 2.07. The smallest absolute Gasteiger partial charge is 0.325 e. The minimum absolute atomic E-state index is 0.152. The van der Waals surface area contributed by atoms with Crippen LogP contribution in [-0.4, -0.2) is 65.1 Å². The van der Waals surface area contributed by atoms with Gasteiger partial charge in [0.2, 0.25) is 17.7 Å². The average molecular weight is 268 g/mol. The second kappa shape index (κ2) is 4.67. The minimum Gasteiger partial charge on any atom is -0.329 e. The molecule has 2 aliphatic rings. The largest absolute Gasteiger partial charge is 0.329 e. The Labute approximate surface area is 107 Å². The molecule has 2 aliphatic heterocycles. The summed E-state index contributed by atoms with van der Waals surface area (Å²) >= 11 is 0. The Bertz CT molecular complexity index is 472. The first-order valence-electron chi connectivity index (χ1n) is 5.61. The Balaban J connectivity index is 2.07. The molecule has 0 saturated carbocycles. The van der Waals surface area contributed by atoms with E-state index in [2.05, 4.69) is 10.6 Å². The van der Waals surface area contributed by atoms with Gasteiger partial charge in [0.1, 0.15) is 19.1 Å². The second-order valence-electron chi connectivity index (χ2n) is 4.25. The molecular formula is C10H12N4O5. The normalized spacial score (nSPS) is 23.5. The van der Waals surface area contributed by atoms with Crippen molar-refractivity contribution < 1.29 is 24.0 Å². The van der Waals surface area contributed by atoms with Crippen molar-refractivity contribution in [2.75, 3.05) is 19.6 Å². The molecular weight excluding hydrogens is 256 g/mol. The van der Waals surface area contributed by atoms with E-state index in [1.54, 1.807) is 0 Å². The lowest BCUT2D eigenvalue weighted by atomic mass is 10.2. The number of nitrogens with one attached hydrogen (secondary N) is 2. The first-order valence-corrected chi connectivity index (χ1v) is 5.61. The minimum atomic E-state index is -0.814. The molecule has 2 rings (SSSR count). The number of imide groups is 2. The summed E-state index contributed by atoms with van der Waals surface area (Å²) < 4.78 is 0. The monoisotopic (exact) mass is 268 g/mol. The van der Waals surface area contributed by atoms with Gasteiger partial charge in [0.05, 0.1) is 6.54 Å². The third-order valence-corrected chi connectivity index (χ3v) is 2.97. The molecule has 19 heavy (non-hydrogen) atoms. The Morgan fingerprint density at radius 2 is 2.00 bits per heavy atom. The van der Waals surface area contributed by atoms with Gasteiger partial charge in [-0.1, -0.05) is 0 Å². The number of nitrogens with zero attached hydrogens (tertiary/aromatic N) is 2. The second-order valence-corrected chi connectivity index (χ2v) is 4.25. The van der Waals surface area contributed by atoms with E-state index in [-0.39, 0.29) is 13.1 Å². The lowest BCUT2D eigenvalue weighted by Crippen LogP contribution is -2.60. The predicted octanol–water partition coefficient (Wildman–Crippen LogP) is -2.59. The number of rotatable bonds is 2. The van der Waals surface area contributed by atoms with Crippen LogP contribution in [0.4, 0.5) is 4.79 Å². The van der Waals surface area contributed by atoms with Crippen molar-refractivity contribution in [1.29, 1.82) is 0 Å². The maximum atomic E-state index is 12.0. The number of urea groups is 1. The highest BCUT2D eigenvalue weighted by molar-refractivity contribution is 6.07. The lowest BCUT2D eigenvalue weighted by Gasteiger charge is -2.32. The Hall–Kier alpha value is -2.45. The van der Waals surface area contributed by atoms with E-state index in [1.165, 1.54) is 6.92 Å².